The van der Waals surface area contributed by atoms with Crippen LogP contribution in [0.3, 0.4) is 0 Å². The average molecular weight is 230 g/mol. The Balaban J connectivity index is 2.15. The van der Waals surface area contributed by atoms with Gasteiger partial charge in [-0.1, -0.05) is 0 Å². The van der Waals surface area contributed by atoms with E-state index in [1.54, 1.807) is 12.0 Å². The van der Waals surface area contributed by atoms with E-state index in [0.29, 0.717) is 12.6 Å². The molecule has 0 spiro atoms. The Kier molecular flexibility index (Phi) is 6.18. The molecule has 16 heavy (non-hydrogen) atoms. The van der Waals surface area contributed by atoms with Gasteiger partial charge >= 0.3 is 6.09 Å². The van der Waals surface area contributed by atoms with Crippen molar-refractivity contribution in [2.45, 2.75) is 25.8 Å². The van der Waals surface area contributed by atoms with Crippen LogP contribution < -0.4 is 5.32 Å². The van der Waals surface area contributed by atoms with E-state index in [9.17, 15) is 4.79 Å². The van der Waals surface area contributed by atoms with Crippen LogP contribution >= 0.6 is 0 Å². The topological polar surface area (TPSA) is 50.8 Å². The third-order valence-corrected chi connectivity index (χ3v) is 2.76. The molecule has 0 radical (unpaired) electrons. The maximum absolute atomic E-state index is 11.4. The fraction of sp³-hybridized carbons (Fsp3) is 0.909. The van der Waals surface area contributed by atoms with Gasteiger partial charge in [0.1, 0.15) is 0 Å². The number of carbonyl (C=O) groups is 1. The molecule has 1 rings (SSSR count). The van der Waals surface area contributed by atoms with E-state index in [1.807, 2.05) is 6.92 Å². The molecule has 0 unspecified atom stereocenters. The number of methoxy groups -OCH3 is 1. The summed E-state index contributed by atoms with van der Waals surface area (Å²) in [4.78, 5) is 13.2. The molecule has 1 fully saturated rings. The van der Waals surface area contributed by atoms with Crippen molar-refractivity contribution >= 4 is 6.09 Å². The summed E-state index contributed by atoms with van der Waals surface area (Å²) < 4.78 is 9.94. The summed E-state index contributed by atoms with van der Waals surface area (Å²) in [6.07, 6.45) is 1.79. The molecule has 1 N–H and O–H groups in total. The van der Waals surface area contributed by atoms with Gasteiger partial charge in [0.25, 0.3) is 0 Å². The number of nitrogens with one attached hydrogen (secondary N) is 1. The first-order valence-corrected chi connectivity index (χ1v) is 5.92. The Morgan fingerprint density at radius 3 is 2.69 bits per heavy atom. The molecule has 0 saturated carbocycles. The molecule has 5 heteroatoms. The molecule has 0 aromatic heterocycles. The van der Waals surface area contributed by atoms with Crippen LogP contribution in [0.15, 0.2) is 0 Å². The standard InChI is InChI=1S/C11H22N2O3/c1-3-16-11(14)13-7-4-10(5-8-13)12-6-9-15-2/h10,12H,3-9H2,1-2H3. The van der Waals surface area contributed by atoms with Crippen LogP contribution in [-0.2, 0) is 9.47 Å². The normalized spacial score (nSPS) is 17.5. The number of nitrogens with zero attached hydrogens (tertiary/aromatic N) is 1. The predicted octanol–water partition coefficient (Wildman–Crippen LogP) is 0.843. The lowest BCUT2D eigenvalue weighted by Gasteiger charge is -2.31. The van der Waals surface area contributed by atoms with Crippen molar-refractivity contribution in [1.82, 2.24) is 10.2 Å². The van der Waals surface area contributed by atoms with Crippen molar-refractivity contribution in [2.75, 3.05) is 40.0 Å². The van der Waals surface area contributed by atoms with Crippen LogP contribution in [0.1, 0.15) is 19.8 Å². The highest BCUT2D eigenvalue weighted by Gasteiger charge is 2.22. The van der Waals surface area contributed by atoms with Gasteiger partial charge in [0.05, 0.1) is 13.2 Å². The SMILES string of the molecule is CCOC(=O)N1CCC(NCCOC)CC1. The Labute approximate surface area is 97.1 Å². The van der Waals surface area contributed by atoms with Crippen LogP contribution in [0, 0.1) is 0 Å². The summed E-state index contributed by atoms with van der Waals surface area (Å²) >= 11 is 0. The Hall–Kier alpha value is -0.810. The number of likely N-dealkylation sites (tertiary alicyclic amines) is 1. The predicted molar refractivity (Wildman–Crippen MR) is 61.5 cm³/mol. The average Bonchev–Trinajstić information content (AvgIpc) is 2.30. The van der Waals surface area contributed by atoms with E-state index in [2.05, 4.69) is 5.32 Å². The molecule has 0 atom stereocenters. The highest BCUT2D eigenvalue weighted by atomic mass is 16.6. The zero-order valence-electron chi connectivity index (χ0n) is 10.2. The Morgan fingerprint density at radius 1 is 1.44 bits per heavy atom. The second-order valence-electron chi connectivity index (χ2n) is 3.91. The molecule has 0 aliphatic carbocycles. The van der Waals surface area contributed by atoms with Gasteiger partial charge in [-0.05, 0) is 19.8 Å². The van der Waals surface area contributed by atoms with Crippen LogP contribution in [0.2, 0.25) is 0 Å². The summed E-state index contributed by atoms with van der Waals surface area (Å²) in [6.45, 7) is 5.45. The van der Waals surface area contributed by atoms with E-state index < -0.39 is 0 Å². The molecule has 0 aromatic rings. The highest BCUT2D eigenvalue weighted by Crippen LogP contribution is 2.11. The third kappa shape index (κ3) is 4.37. The lowest BCUT2D eigenvalue weighted by molar-refractivity contribution is 0.0942. The molecule has 1 heterocycles. The van der Waals surface area contributed by atoms with Gasteiger partial charge in [-0.15, -0.1) is 0 Å². The molecule has 1 saturated heterocycles. The highest BCUT2D eigenvalue weighted by molar-refractivity contribution is 5.67. The smallest absolute Gasteiger partial charge is 0.409 e. The van der Waals surface area contributed by atoms with E-state index >= 15 is 0 Å². The van der Waals surface area contributed by atoms with Crippen molar-refractivity contribution in [3.8, 4) is 0 Å². The first-order valence-electron chi connectivity index (χ1n) is 5.92. The van der Waals surface area contributed by atoms with E-state index in [1.165, 1.54) is 0 Å². The number of carbonyl (C=O) groups excluding carboxylic acids is 1. The number of piperidine rings is 1. The first-order chi connectivity index (χ1) is 7.77. The molecule has 1 aliphatic heterocycles. The molecular formula is C11H22N2O3. The molecule has 0 aromatic carbocycles. The van der Waals surface area contributed by atoms with E-state index in [-0.39, 0.29) is 6.09 Å². The minimum absolute atomic E-state index is 0.183. The van der Waals surface area contributed by atoms with Crippen molar-refractivity contribution in [1.29, 1.82) is 0 Å². The van der Waals surface area contributed by atoms with E-state index in [4.69, 9.17) is 9.47 Å². The summed E-state index contributed by atoms with van der Waals surface area (Å²) in [5.74, 6) is 0. The van der Waals surface area contributed by atoms with Gasteiger partial charge in [-0.3, -0.25) is 0 Å². The summed E-state index contributed by atoms with van der Waals surface area (Å²) in [6, 6.07) is 0.501. The molecule has 5 nitrogen and oxygen atoms in total. The van der Waals surface area contributed by atoms with E-state index in [0.717, 1.165) is 39.1 Å². The van der Waals surface area contributed by atoms with Crippen LogP contribution in [0.25, 0.3) is 0 Å². The number of ether oxygens (including phenoxy) is 2. The minimum Gasteiger partial charge on any atom is -0.450 e. The molecule has 0 bridgehead atoms. The van der Waals surface area contributed by atoms with Crippen molar-refractivity contribution in [2.24, 2.45) is 0 Å². The Morgan fingerprint density at radius 2 is 2.12 bits per heavy atom. The second-order valence-corrected chi connectivity index (χ2v) is 3.91. The van der Waals surface area contributed by atoms with Gasteiger partial charge < -0.3 is 19.7 Å². The summed E-state index contributed by atoms with van der Waals surface area (Å²) in [5.41, 5.74) is 0. The number of hydrogen-bond acceptors (Lipinski definition) is 4. The second kappa shape index (κ2) is 7.46. The number of amides is 1. The van der Waals surface area contributed by atoms with Gasteiger partial charge in [-0.25, -0.2) is 4.79 Å². The molecule has 1 aliphatic rings. The summed E-state index contributed by atoms with van der Waals surface area (Å²) in [5, 5.41) is 3.41. The maximum Gasteiger partial charge on any atom is 0.409 e. The van der Waals surface area contributed by atoms with Gasteiger partial charge in [-0.2, -0.15) is 0 Å². The fourth-order valence-electron chi connectivity index (χ4n) is 1.85. The van der Waals surface area contributed by atoms with Crippen LogP contribution in [-0.4, -0.2) is 57.0 Å². The van der Waals surface area contributed by atoms with Crippen molar-refractivity contribution in [3.63, 3.8) is 0 Å². The monoisotopic (exact) mass is 230 g/mol. The third-order valence-electron chi connectivity index (χ3n) is 2.76. The molecule has 1 amide bonds. The zero-order chi connectivity index (χ0) is 11.8. The maximum atomic E-state index is 11.4. The Bertz CT molecular complexity index is 203. The largest absolute Gasteiger partial charge is 0.450 e. The number of hydrogen-bond donors (Lipinski definition) is 1. The first kappa shape index (κ1) is 13.3. The quantitative estimate of drug-likeness (QED) is 0.711. The van der Waals surface area contributed by atoms with Crippen LogP contribution in [0.4, 0.5) is 4.79 Å². The van der Waals surface area contributed by atoms with Gasteiger partial charge in [0.15, 0.2) is 0 Å². The fourth-order valence-corrected chi connectivity index (χ4v) is 1.85. The lowest BCUT2D eigenvalue weighted by Crippen LogP contribution is -2.45. The number of rotatable bonds is 5. The summed E-state index contributed by atoms with van der Waals surface area (Å²) in [7, 11) is 1.70. The van der Waals surface area contributed by atoms with Crippen molar-refractivity contribution in [3.05, 3.63) is 0 Å². The minimum atomic E-state index is -0.183. The lowest BCUT2D eigenvalue weighted by atomic mass is 10.1. The van der Waals surface area contributed by atoms with Gasteiger partial charge in [0.2, 0.25) is 0 Å². The van der Waals surface area contributed by atoms with Crippen LogP contribution in [0.5, 0.6) is 0 Å². The van der Waals surface area contributed by atoms with Gasteiger partial charge in [0, 0.05) is 32.8 Å². The molecular weight excluding hydrogens is 208 g/mol. The van der Waals surface area contributed by atoms with Crippen molar-refractivity contribution < 1.29 is 14.3 Å². The zero-order valence-corrected chi connectivity index (χ0v) is 10.2. The molecule has 94 valence electrons.